The Kier molecular flexibility index (Phi) is 7.73. The molecule has 1 saturated heterocycles. The number of H-pyrrole nitrogens is 1. The molecule has 0 radical (unpaired) electrons. The van der Waals surface area contributed by atoms with Crippen molar-refractivity contribution in [2.24, 2.45) is 5.92 Å². The SMILES string of the molecule is COC(=O)N[C@H](C(=O)N1CCC[C@H]1c1nc(-c2ccc(-c3ccc(Br)cc3F)c(F)c2)c[nH]1)C(C)C. The summed E-state index contributed by atoms with van der Waals surface area (Å²) in [5.41, 5.74) is 1.37. The van der Waals surface area contributed by atoms with Gasteiger partial charge in [0.05, 0.1) is 18.8 Å². The predicted molar refractivity (Wildman–Crippen MR) is 135 cm³/mol. The number of amides is 2. The number of carbonyl (C=O) groups is 2. The van der Waals surface area contributed by atoms with Gasteiger partial charge >= 0.3 is 6.09 Å². The first-order valence-corrected chi connectivity index (χ1v) is 12.4. The van der Waals surface area contributed by atoms with Crippen LogP contribution in [0.1, 0.15) is 38.6 Å². The lowest BCUT2D eigenvalue weighted by Gasteiger charge is -2.29. The van der Waals surface area contributed by atoms with Gasteiger partial charge in [0, 0.05) is 33.9 Å². The number of aromatic nitrogens is 2. The van der Waals surface area contributed by atoms with Crippen LogP contribution < -0.4 is 5.32 Å². The maximum Gasteiger partial charge on any atom is 0.407 e. The topological polar surface area (TPSA) is 87.3 Å². The molecule has 0 spiro atoms. The number of rotatable bonds is 6. The highest BCUT2D eigenvalue weighted by atomic mass is 79.9. The number of carbonyl (C=O) groups excluding carboxylic acids is 2. The van der Waals surface area contributed by atoms with E-state index in [0.29, 0.717) is 34.5 Å². The number of nitrogens with zero attached hydrogens (tertiary/aromatic N) is 2. The highest BCUT2D eigenvalue weighted by molar-refractivity contribution is 9.10. The third kappa shape index (κ3) is 5.28. The zero-order valence-electron chi connectivity index (χ0n) is 20.1. The Bertz CT molecular complexity index is 1280. The van der Waals surface area contributed by atoms with E-state index in [1.54, 1.807) is 23.2 Å². The van der Waals surface area contributed by atoms with E-state index in [4.69, 9.17) is 0 Å². The normalized spacial score (nSPS) is 16.3. The molecular formula is C26H27BrF2N4O3. The van der Waals surface area contributed by atoms with E-state index in [1.807, 2.05) is 13.8 Å². The van der Waals surface area contributed by atoms with Gasteiger partial charge in [0.2, 0.25) is 5.91 Å². The maximum absolute atomic E-state index is 15.0. The highest BCUT2D eigenvalue weighted by Crippen LogP contribution is 2.34. The first-order valence-electron chi connectivity index (χ1n) is 11.6. The number of imidazole rings is 1. The average molecular weight is 561 g/mol. The maximum atomic E-state index is 15.0. The van der Waals surface area contributed by atoms with Crippen molar-refractivity contribution in [2.45, 2.75) is 38.8 Å². The number of halogens is 3. The van der Waals surface area contributed by atoms with Crippen LogP contribution in [-0.4, -0.2) is 46.6 Å². The summed E-state index contributed by atoms with van der Waals surface area (Å²) in [4.78, 5) is 34.5. The van der Waals surface area contributed by atoms with Crippen LogP contribution in [0.15, 0.2) is 47.1 Å². The molecule has 190 valence electrons. The number of nitrogens with one attached hydrogen (secondary N) is 2. The van der Waals surface area contributed by atoms with Crippen molar-refractivity contribution < 1.29 is 23.1 Å². The Labute approximate surface area is 216 Å². The number of hydrogen-bond acceptors (Lipinski definition) is 4. The van der Waals surface area contributed by atoms with Gasteiger partial charge in [0.1, 0.15) is 23.5 Å². The Hall–Kier alpha value is -3.27. The zero-order valence-corrected chi connectivity index (χ0v) is 21.7. The van der Waals surface area contributed by atoms with E-state index in [2.05, 4.69) is 36.0 Å². The van der Waals surface area contributed by atoms with E-state index in [0.717, 1.165) is 6.42 Å². The van der Waals surface area contributed by atoms with E-state index in [1.165, 1.54) is 31.4 Å². The quantitative estimate of drug-likeness (QED) is 0.397. The summed E-state index contributed by atoms with van der Waals surface area (Å²) < 4.78 is 34.5. The van der Waals surface area contributed by atoms with Crippen LogP contribution in [0.5, 0.6) is 0 Å². The van der Waals surface area contributed by atoms with Gasteiger partial charge in [-0.25, -0.2) is 18.6 Å². The van der Waals surface area contributed by atoms with Crippen molar-refractivity contribution in [3.8, 4) is 22.4 Å². The molecule has 10 heteroatoms. The van der Waals surface area contributed by atoms with Crippen molar-refractivity contribution in [3.63, 3.8) is 0 Å². The molecular weight excluding hydrogens is 534 g/mol. The van der Waals surface area contributed by atoms with Crippen LogP contribution in [0.25, 0.3) is 22.4 Å². The second kappa shape index (κ2) is 10.8. The standard InChI is InChI=1S/C26H27BrF2N4O3/c1-14(2)23(32-26(35)36-3)25(34)33-10-4-5-22(33)24-30-13-21(31-24)15-6-8-17(19(28)11-15)18-9-7-16(27)12-20(18)29/h6-9,11-14,22-23H,4-5,10H2,1-3H3,(H,30,31)(H,32,35)/t22-,23-/m0/s1. The number of aromatic amines is 1. The molecule has 2 N–H and O–H groups in total. The predicted octanol–water partition coefficient (Wildman–Crippen LogP) is 5.83. The van der Waals surface area contributed by atoms with Crippen LogP contribution in [0, 0.1) is 17.6 Å². The largest absolute Gasteiger partial charge is 0.453 e. The summed E-state index contributed by atoms with van der Waals surface area (Å²) in [5, 5.41) is 2.62. The second-order valence-electron chi connectivity index (χ2n) is 9.04. The Balaban J connectivity index is 1.56. The summed E-state index contributed by atoms with van der Waals surface area (Å²) >= 11 is 3.21. The van der Waals surface area contributed by atoms with Crippen LogP contribution in [0.2, 0.25) is 0 Å². The van der Waals surface area contributed by atoms with Crippen LogP contribution in [0.4, 0.5) is 13.6 Å². The third-order valence-corrected chi connectivity index (χ3v) is 6.82. The van der Waals surface area contributed by atoms with Gasteiger partial charge in [-0.3, -0.25) is 4.79 Å². The fourth-order valence-corrected chi connectivity index (χ4v) is 4.78. The minimum Gasteiger partial charge on any atom is -0.453 e. The molecule has 0 saturated carbocycles. The second-order valence-corrected chi connectivity index (χ2v) is 9.95. The van der Waals surface area contributed by atoms with Crippen molar-refractivity contribution in [3.05, 3.63) is 64.5 Å². The molecule has 1 aromatic heterocycles. The smallest absolute Gasteiger partial charge is 0.407 e. The summed E-state index contributed by atoms with van der Waals surface area (Å²) in [6.07, 6.45) is 2.50. The fourth-order valence-electron chi connectivity index (χ4n) is 4.45. The van der Waals surface area contributed by atoms with Crippen LogP contribution in [0.3, 0.4) is 0 Å². The molecule has 4 rings (SSSR count). The molecule has 0 bridgehead atoms. The van der Waals surface area contributed by atoms with Gasteiger partial charge in [-0.1, -0.05) is 48.0 Å². The summed E-state index contributed by atoms with van der Waals surface area (Å²) in [5.74, 6) is -0.847. The number of benzene rings is 2. The molecule has 2 atom stereocenters. The molecule has 1 aliphatic heterocycles. The number of methoxy groups -OCH3 is 1. The highest BCUT2D eigenvalue weighted by Gasteiger charge is 2.37. The van der Waals surface area contributed by atoms with Gasteiger partial charge in [-0.05, 0) is 37.0 Å². The van der Waals surface area contributed by atoms with Crippen LogP contribution in [-0.2, 0) is 9.53 Å². The summed E-state index contributed by atoms with van der Waals surface area (Å²) in [6.45, 7) is 4.24. The number of ether oxygens (including phenoxy) is 1. The molecule has 2 aromatic carbocycles. The minimum atomic E-state index is -0.729. The molecule has 0 aliphatic carbocycles. The minimum absolute atomic E-state index is 0.137. The lowest BCUT2D eigenvalue weighted by molar-refractivity contribution is -0.135. The van der Waals surface area contributed by atoms with Crippen LogP contribution >= 0.6 is 15.9 Å². The zero-order chi connectivity index (χ0) is 26.0. The molecule has 2 heterocycles. The third-order valence-electron chi connectivity index (χ3n) is 6.33. The van der Waals surface area contributed by atoms with Crippen molar-refractivity contribution >= 4 is 27.9 Å². The van der Waals surface area contributed by atoms with Crippen molar-refractivity contribution in [1.29, 1.82) is 0 Å². The molecule has 36 heavy (non-hydrogen) atoms. The fraction of sp³-hybridized carbons (Fsp3) is 0.346. The number of alkyl carbamates (subject to hydrolysis) is 1. The van der Waals surface area contributed by atoms with E-state index in [-0.39, 0.29) is 29.0 Å². The Morgan fingerprint density at radius 2 is 1.86 bits per heavy atom. The van der Waals surface area contributed by atoms with E-state index in [9.17, 15) is 18.4 Å². The Morgan fingerprint density at radius 1 is 1.17 bits per heavy atom. The van der Waals surface area contributed by atoms with Crippen molar-refractivity contribution in [1.82, 2.24) is 20.2 Å². The summed E-state index contributed by atoms with van der Waals surface area (Å²) in [7, 11) is 1.25. The number of likely N-dealkylation sites (tertiary alicyclic amines) is 1. The first kappa shape index (κ1) is 25.8. The average Bonchev–Trinajstić information content (AvgIpc) is 3.52. The van der Waals surface area contributed by atoms with Gasteiger partial charge in [-0.15, -0.1) is 0 Å². The Morgan fingerprint density at radius 3 is 2.50 bits per heavy atom. The first-order chi connectivity index (χ1) is 17.2. The van der Waals surface area contributed by atoms with Gasteiger partial charge in [0.15, 0.2) is 0 Å². The lowest BCUT2D eigenvalue weighted by atomic mass is 10.0. The molecule has 1 fully saturated rings. The molecule has 0 unspecified atom stereocenters. The molecule has 1 aliphatic rings. The molecule has 3 aromatic rings. The molecule has 2 amide bonds. The monoisotopic (exact) mass is 560 g/mol. The number of hydrogen-bond donors (Lipinski definition) is 2. The lowest BCUT2D eigenvalue weighted by Crippen LogP contribution is -2.51. The van der Waals surface area contributed by atoms with Crippen molar-refractivity contribution in [2.75, 3.05) is 13.7 Å². The van der Waals surface area contributed by atoms with Gasteiger partial charge < -0.3 is 19.9 Å². The van der Waals surface area contributed by atoms with E-state index < -0.39 is 23.8 Å². The van der Waals surface area contributed by atoms with Gasteiger partial charge in [0.25, 0.3) is 0 Å². The van der Waals surface area contributed by atoms with E-state index >= 15 is 0 Å². The van der Waals surface area contributed by atoms with Gasteiger partial charge in [-0.2, -0.15) is 0 Å². The summed E-state index contributed by atoms with van der Waals surface area (Å²) in [6, 6.07) is 7.99. The molecule has 7 nitrogen and oxygen atoms in total.